The number of carbonyl (C=O) groups excluding carboxylic acids is 1. The molecule has 5 nitrogen and oxygen atoms in total. The molecule has 2 aromatic rings. The molecule has 0 bridgehead atoms. The Morgan fingerprint density at radius 3 is 2.62 bits per heavy atom. The molecule has 1 fully saturated rings. The Hall–Kier alpha value is -2.71. The molecule has 1 aliphatic heterocycles. The van der Waals surface area contributed by atoms with Crippen molar-refractivity contribution in [2.24, 2.45) is 5.92 Å². The van der Waals surface area contributed by atoms with Crippen LogP contribution in [-0.2, 0) is 4.79 Å². The van der Waals surface area contributed by atoms with Crippen molar-refractivity contribution >= 4 is 22.9 Å². The lowest BCUT2D eigenvalue weighted by molar-refractivity contribution is -0.127. The summed E-state index contributed by atoms with van der Waals surface area (Å²) in [6.45, 7) is 6.92. The molecule has 3 rings (SSSR count). The summed E-state index contributed by atoms with van der Waals surface area (Å²) in [5.41, 5.74) is 1.84. The van der Waals surface area contributed by atoms with Gasteiger partial charge in [0.15, 0.2) is 0 Å². The molecule has 0 N–H and O–H groups in total. The highest BCUT2D eigenvalue weighted by molar-refractivity contribution is 5.95. The first-order chi connectivity index (χ1) is 12.6. The molecule has 1 aliphatic rings. The number of rotatable bonds is 4. The van der Waals surface area contributed by atoms with Gasteiger partial charge >= 0.3 is 0 Å². The predicted octanol–water partition coefficient (Wildman–Crippen LogP) is 2.94. The van der Waals surface area contributed by atoms with E-state index in [1.807, 2.05) is 41.3 Å². The van der Waals surface area contributed by atoms with Crippen molar-refractivity contribution in [1.82, 2.24) is 14.8 Å². The zero-order valence-electron chi connectivity index (χ0n) is 15.3. The Bertz CT molecular complexity index is 839. The van der Waals surface area contributed by atoms with Gasteiger partial charge in [-0.1, -0.05) is 38.1 Å². The summed E-state index contributed by atoms with van der Waals surface area (Å²) < 4.78 is 0. The smallest absolute Gasteiger partial charge is 0.246 e. The Morgan fingerprint density at radius 2 is 1.92 bits per heavy atom. The van der Waals surface area contributed by atoms with Crippen LogP contribution in [0.3, 0.4) is 0 Å². The van der Waals surface area contributed by atoms with E-state index in [1.54, 1.807) is 12.3 Å². The van der Waals surface area contributed by atoms with Crippen LogP contribution in [-0.4, -0.2) is 52.9 Å². The average molecular weight is 348 g/mol. The standard InChI is InChI=1S/C21H24N4O/c1-16(2)19(15-22)24-11-13-25(14-12-24)20(26)9-8-18-6-3-5-17-7-4-10-23-21(17)18/h3-10,16,19H,11-14H2,1-2H3/b9-8+/t19-/m1/s1. The number of piperazine rings is 1. The highest BCUT2D eigenvalue weighted by Crippen LogP contribution is 2.18. The minimum Gasteiger partial charge on any atom is -0.337 e. The van der Waals surface area contributed by atoms with Crippen molar-refractivity contribution in [3.63, 3.8) is 0 Å². The molecule has 1 atom stereocenters. The van der Waals surface area contributed by atoms with E-state index in [4.69, 9.17) is 0 Å². The monoisotopic (exact) mass is 348 g/mol. The first-order valence-electron chi connectivity index (χ1n) is 9.04. The van der Waals surface area contributed by atoms with Gasteiger partial charge in [-0.25, -0.2) is 0 Å². The molecule has 0 spiro atoms. The maximum atomic E-state index is 12.5. The molecule has 134 valence electrons. The molecular weight excluding hydrogens is 324 g/mol. The van der Waals surface area contributed by atoms with Crippen molar-refractivity contribution < 1.29 is 4.79 Å². The zero-order chi connectivity index (χ0) is 18.5. The topological polar surface area (TPSA) is 60.2 Å². The normalized spacial score (nSPS) is 16.9. The number of pyridine rings is 1. The molecular formula is C21H24N4O. The van der Waals surface area contributed by atoms with Crippen molar-refractivity contribution in [3.05, 3.63) is 48.2 Å². The first-order valence-corrected chi connectivity index (χ1v) is 9.04. The number of hydrogen-bond acceptors (Lipinski definition) is 4. The molecule has 1 aromatic carbocycles. The fourth-order valence-corrected chi connectivity index (χ4v) is 3.40. The second-order valence-electron chi connectivity index (χ2n) is 6.93. The van der Waals surface area contributed by atoms with Gasteiger partial charge in [0, 0.05) is 49.4 Å². The summed E-state index contributed by atoms with van der Waals surface area (Å²) in [5, 5.41) is 10.4. The molecule has 26 heavy (non-hydrogen) atoms. The van der Waals surface area contributed by atoms with Crippen molar-refractivity contribution in [2.75, 3.05) is 26.2 Å². The van der Waals surface area contributed by atoms with Gasteiger partial charge in [-0.05, 0) is 18.1 Å². The molecule has 1 saturated heterocycles. The Balaban J connectivity index is 1.64. The number of carbonyl (C=O) groups is 1. The summed E-state index contributed by atoms with van der Waals surface area (Å²) in [6, 6.07) is 12.2. The lowest BCUT2D eigenvalue weighted by Gasteiger charge is -2.37. The van der Waals surface area contributed by atoms with Crippen LogP contribution >= 0.6 is 0 Å². The molecule has 0 aliphatic carbocycles. The number of nitrogens with zero attached hydrogens (tertiary/aromatic N) is 4. The van der Waals surface area contributed by atoms with Crippen molar-refractivity contribution in [2.45, 2.75) is 19.9 Å². The van der Waals surface area contributed by atoms with Gasteiger partial charge in [-0.3, -0.25) is 14.7 Å². The SMILES string of the molecule is CC(C)[C@@H](C#N)N1CCN(C(=O)/C=C/c2cccc3cccnc23)CC1. The number of aromatic nitrogens is 1. The second-order valence-corrected chi connectivity index (χ2v) is 6.93. The molecule has 5 heteroatoms. The number of benzene rings is 1. The molecule has 2 heterocycles. The third-order valence-corrected chi connectivity index (χ3v) is 4.85. The van der Waals surface area contributed by atoms with Gasteiger partial charge in [0.2, 0.25) is 5.91 Å². The molecule has 1 aromatic heterocycles. The third-order valence-electron chi connectivity index (χ3n) is 4.85. The van der Waals surface area contributed by atoms with E-state index in [0.29, 0.717) is 19.0 Å². The van der Waals surface area contributed by atoms with Crippen LogP contribution < -0.4 is 0 Å². The largest absolute Gasteiger partial charge is 0.337 e. The minimum atomic E-state index is -0.0791. The molecule has 1 amide bonds. The van der Waals surface area contributed by atoms with Crippen LogP contribution in [0.15, 0.2) is 42.6 Å². The van der Waals surface area contributed by atoms with Crippen LogP contribution in [0, 0.1) is 17.2 Å². The van der Waals surface area contributed by atoms with Gasteiger partial charge in [0.1, 0.15) is 6.04 Å². The van der Waals surface area contributed by atoms with Gasteiger partial charge in [0.05, 0.1) is 11.6 Å². The Morgan fingerprint density at radius 1 is 1.19 bits per heavy atom. The summed E-state index contributed by atoms with van der Waals surface area (Å²) in [4.78, 5) is 21.0. The quantitative estimate of drug-likeness (QED) is 0.797. The lowest BCUT2D eigenvalue weighted by atomic mass is 10.0. The molecule has 0 radical (unpaired) electrons. The summed E-state index contributed by atoms with van der Waals surface area (Å²) in [7, 11) is 0. The summed E-state index contributed by atoms with van der Waals surface area (Å²) >= 11 is 0. The van der Waals surface area contributed by atoms with Crippen LogP contribution in [0.1, 0.15) is 19.4 Å². The summed E-state index contributed by atoms with van der Waals surface area (Å²) in [6.07, 6.45) is 5.24. The van der Waals surface area contributed by atoms with Crippen LogP contribution in [0.4, 0.5) is 0 Å². The van der Waals surface area contributed by atoms with E-state index in [1.165, 1.54) is 0 Å². The van der Waals surface area contributed by atoms with E-state index in [-0.39, 0.29) is 11.9 Å². The number of nitriles is 1. The fraction of sp³-hybridized carbons (Fsp3) is 0.381. The fourth-order valence-electron chi connectivity index (χ4n) is 3.40. The van der Waals surface area contributed by atoms with E-state index in [9.17, 15) is 10.1 Å². The number of hydrogen-bond donors (Lipinski definition) is 0. The molecule has 0 saturated carbocycles. The van der Waals surface area contributed by atoms with Crippen molar-refractivity contribution in [3.8, 4) is 6.07 Å². The maximum absolute atomic E-state index is 12.5. The predicted molar refractivity (Wildman–Crippen MR) is 103 cm³/mol. The van der Waals surface area contributed by atoms with Gasteiger partial charge in [0.25, 0.3) is 0 Å². The third kappa shape index (κ3) is 3.92. The van der Waals surface area contributed by atoms with E-state index >= 15 is 0 Å². The number of para-hydroxylation sites is 1. The van der Waals surface area contributed by atoms with Gasteiger partial charge < -0.3 is 4.90 Å². The lowest BCUT2D eigenvalue weighted by Crippen LogP contribution is -2.52. The maximum Gasteiger partial charge on any atom is 0.246 e. The number of amides is 1. The number of fused-ring (bicyclic) bond motifs is 1. The summed E-state index contributed by atoms with van der Waals surface area (Å²) in [5.74, 6) is 0.302. The zero-order valence-corrected chi connectivity index (χ0v) is 15.3. The van der Waals surface area contributed by atoms with Crippen LogP contribution in [0.2, 0.25) is 0 Å². The minimum absolute atomic E-state index is 0.00985. The van der Waals surface area contributed by atoms with E-state index in [0.717, 1.165) is 29.6 Å². The highest BCUT2D eigenvalue weighted by Gasteiger charge is 2.26. The van der Waals surface area contributed by atoms with Crippen LogP contribution in [0.5, 0.6) is 0 Å². The van der Waals surface area contributed by atoms with Crippen molar-refractivity contribution in [1.29, 1.82) is 5.26 Å². The molecule has 0 unspecified atom stereocenters. The second kappa shape index (κ2) is 8.11. The van der Waals surface area contributed by atoms with Gasteiger partial charge in [-0.2, -0.15) is 5.26 Å². The van der Waals surface area contributed by atoms with E-state index < -0.39 is 0 Å². The van der Waals surface area contributed by atoms with Crippen LogP contribution in [0.25, 0.3) is 17.0 Å². The average Bonchev–Trinajstić information content (AvgIpc) is 2.67. The van der Waals surface area contributed by atoms with E-state index in [2.05, 4.69) is 29.8 Å². The first kappa shape index (κ1) is 18.1. The Labute approximate surface area is 154 Å². The Kier molecular flexibility index (Phi) is 5.65. The highest BCUT2D eigenvalue weighted by atomic mass is 16.2. The van der Waals surface area contributed by atoms with Gasteiger partial charge in [-0.15, -0.1) is 0 Å².